The molecule has 0 heterocycles. The highest BCUT2D eigenvalue weighted by atomic mass is 16.3. The molecule has 1 aliphatic rings. The smallest absolute Gasteiger partial charge is 0.163 e. The molecular formula is C15H22O2. The van der Waals surface area contributed by atoms with Crippen molar-refractivity contribution in [1.82, 2.24) is 0 Å². The maximum Gasteiger partial charge on any atom is 0.163 e. The minimum atomic E-state index is -0.465. The third-order valence-electron chi connectivity index (χ3n) is 3.04. The number of hydrogen-bond acceptors (Lipinski definition) is 2. The first kappa shape index (κ1) is 13.9. The zero-order valence-electron chi connectivity index (χ0n) is 11.2. The summed E-state index contributed by atoms with van der Waals surface area (Å²) in [6, 6.07) is 0. The Morgan fingerprint density at radius 1 is 1.29 bits per heavy atom. The van der Waals surface area contributed by atoms with E-state index in [2.05, 4.69) is 6.08 Å². The zero-order chi connectivity index (χ0) is 13.0. The minimum Gasteiger partial charge on any atom is -0.389 e. The van der Waals surface area contributed by atoms with Crippen LogP contribution in [0.5, 0.6) is 0 Å². The van der Waals surface area contributed by atoms with Crippen molar-refractivity contribution in [2.75, 3.05) is 0 Å². The van der Waals surface area contributed by atoms with Gasteiger partial charge in [0.1, 0.15) is 0 Å². The highest BCUT2D eigenvalue weighted by Crippen LogP contribution is 2.20. The van der Waals surface area contributed by atoms with Gasteiger partial charge in [0.05, 0.1) is 6.10 Å². The number of aliphatic hydroxyl groups excluding tert-OH is 1. The van der Waals surface area contributed by atoms with Crippen molar-refractivity contribution in [3.05, 3.63) is 34.4 Å². The Morgan fingerprint density at radius 2 is 1.94 bits per heavy atom. The van der Waals surface area contributed by atoms with Crippen LogP contribution in [-0.4, -0.2) is 17.0 Å². The van der Waals surface area contributed by atoms with Crippen molar-refractivity contribution >= 4 is 5.78 Å². The molecule has 0 spiro atoms. The largest absolute Gasteiger partial charge is 0.389 e. The summed E-state index contributed by atoms with van der Waals surface area (Å²) in [5, 5.41) is 9.79. The highest BCUT2D eigenvalue weighted by molar-refractivity contribution is 5.97. The molecule has 0 saturated carbocycles. The van der Waals surface area contributed by atoms with Crippen LogP contribution in [0.2, 0.25) is 0 Å². The lowest BCUT2D eigenvalue weighted by atomic mass is 9.93. The second-order valence-corrected chi connectivity index (χ2v) is 5.12. The fraction of sp³-hybridized carbons (Fsp3) is 0.533. The maximum atomic E-state index is 12.1. The first-order valence-corrected chi connectivity index (χ1v) is 6.10. The van der Waals surface area contributed by atoms with Crippen molar-refractivity contribution < 1.29 is 9.90 Å². The van der Waals surface area contributed by atoms with Gasteiger partial charge in [0.15, 0.2) is 5.78 Å². The zero-order valence-corrected chi connectivity index (χ0v) is 11.2. The molecule has 0 aromatic carbocycles. The molecule has 0 aliphatic heterocycles. The van der Waals surface area contributed by atoms with Gasteiger partial charge < -0.3 is 5.11 Å². The summed E-state index contributed by atoms with van der Waals surface area (Å²) in [4.78, 5) is 12.1. The minimum absolute atomic E-state index is 0.178. The molecule has 0 bridgehead atoms. The van der Waals surface area contributed by atoms with E-state index in [0.29, 0.717) is 19.3 Å². The Hall–Kier alpha value is -1.15. The lowest BCUT2D eigenvalue weighted by molar-refractivity contribution is -0.115. The molecular weight excluding hydrogens is 212 g/mol. The molecule has 0 unspecified atom stereocenters. The average molecular weight is 234 g/mol. The van der Waals surface area contributed by atoms with Crippen LogP contribution in [0.15, 0.2) is 34.4 Å². The molecule has 0 fully saturated rings. The molecule has 0 aromatic rings. The van der Waals surface area contributed by atoms with E-state index < -0.39 is 6.10 Å². The predicted octanol–water partition coefficient (Wildman–Crippen LogP) is 3.33. The fourth-order valence-corrected chi connectivity index (χ4v) is 2.09. The van der Waals surface area contributed by atoms with Gasteiger partial charge in [-0.15, -0.1) is 0 Å². The van der Waals surface area contributed by atoms with Gasteiger partial charge in [-0.05, 0) is 46.1 Å². The van der Waals surface area contributed by atoms with Gasteiger partial charge in [-0.1, -0.05) is 28.9 Å². The van der Waals surface area contributed by atoms with Gasteiger partial charge in [0, 0.05) is 6.42 Å². The van der Waals surface area contributed by atoms with E-state index in [1.165, 1.54) is 0 Å². The summed E-state index contributed by atoms with van der Waals surface area (Å²) >= 11 is 0. The summed E-state index contributed by atoms with van der Waals surface area (Å²) < 4.78 is 0. The van der Waals surface area contributed by atoms with E-state index in [1.807, 2.05) is 27.7 Å². The van der Waals surface area contributed by atoms with Crippen LogP contribution in [0, 0.1) is 0 Å². The second kappa shape index (κ2) is 5.97. The second-order valence-electron chi connectivity index (χ2n) is 5.12. The number of ketones is 1. The number of carbonyl (C=O) groups is 1. The number of hydrogen-bond donors (Lipinski definition) is 1. The molecule has 17 heavy (non-hydrogen) atoms. The molecule has 1 aliphatic carbocycles. The molecule has 0 aromatic heterocycles. The summed E-state index contributed by atoms with van der Waals surface area (Å²) in [7, 11) is 0. The first-order valence-electron chi connectivity index (χ1n) is 6.10. The van der Waals surface area contributed by atoms with Crippen molar-refractivity contribution in [3.63, 3.8) is 0 Å². The quantitative estimate of drug-likeness (QED) is 0.515. The molecule has 0 amide bonds. The normalized spacial score (nSPS) is 29.1. The van der Waals surface area contributed by atoms with Gasteiger partial charge in [0.2, 0.25) is 0 Å². The lowest BCUT2D eigenvalue weighted by Crippen LogP contribution is -2.10. The molecule has 1 N–H and O–H groups in total. The van der Waals surface area contributed by atoms with E-state index in [1.54, 1.807) is 6.08 Å². The van der Waals surface area contributed by atoms with Crippen molar-refractivity contribution in [3.8, 4) is 0 Å². The van der Waals surface area contributed by atoms with Crippen LogP contribution in [-0.2, 0) is 4.79 Å². The SMILES string of the molecule is CC(C)=C1C/C=C(\C)C[C@H](O)/C=C(\C)CC1=O. The van der Waals surface area contributed by atoms with Crippen LogP contribution in [0.25, 0.3) is 0 Å². The first-order chi connectivity index (χ1) is 7.90. The third-order valence-corrected chi connectivity index (χ3v) is 3.04. The molecule has 2 heteroatoms. The van der Waals surface area contributed by atoms with Crippen LogP contribution >= 0.6 is 0 Å². The molecule has 94 valence electrons. The summed E-state index contributed by atoms with van der Waals surface area (Å²) in [5.74, 6) is 0.178. The van der Waals surface area contributed by atoms with Crippen molar-refractivity contribution in [1.29, 1.82) is 0 Å². The molecule has 1 rings (SSSR count). The van der Waals surface area contributed by atoms with Gasteiger partial charge >= 0.3 is 0 Å². The number of rotatable bonds is 0. The van der Waals surface area contributed by atoms with Gasteiger partial charge in [-0.25, -0.2) is 0 Å². The van der Waals surface area contributed by atoms with Gasteiger partial charge in [-0.2, -0.15) is 0 Å². The topological polar surface area (TPSA) is 37.3 Å². The fourth-order valence-electron chi connectivity index (χ4n) is 2.09. The Labute approximate surface area is 104 Å². The van der Waals surface area contributed by atoms with Crippen LogP contribution in [0.1, 0.15) is 47.0 Å². The Morgan fingerprint density at radius 3 is 2.53 bits per heavy atom. The third kappa shape index (κ3) is 4.31. The summed E-state index contributed by atoms with van der Waals surface area (Å²) in [6.07, 6.45) is 5.15. The average Bonchev–Trinajstić information content (AvgIpc) is 2.14. The molecule has 2 nitrogen and oxygen atoms in total. The van der Waals surface area contributed by atoms with Gasteiger partial charge in [-0.3, -0.25) is 4.79 Å². The van der Waals surface area contributed by atoms with Gasteiger partial charge in [0.25, 0.3) is 0 Å². The summed E-state index contributed by atoms with van der Waals surface area (Å²) in [5.41, 5.74) is 4.09. The van der Waals surface area contributed by atoms with Crippen LogP contribution in [0.3, 0.4) is 0 Å². The van der Waals surface area contributed by atoms with E-state index >= 15 is 0 Å². The van der Waals surface area contributed by atoms with Crippen LogP contribution in [0.4, 0.5) is 0 Å². The maximum absolute atomic E-state index is 12.1. The Balaban J connectivity index is 3.06. The Kier molecular flexibility index (Phi) is 4.88. The highest BCUT2D eigenvalue weighted by Gasteiger charge is 2.13. The molecule has 0 saturated heterocycles. The Bertz CT molecular complexity index is 393. The number of aliphatic hydroxyl groups is 1. The molecule has 0 radical (unpaired) electrons. The van der Waals surface area contributed by atoms with Crippen molar-refractivity contribution in [2.45, 2.75) is 53.1 Å². The van der Waals surface area contributed by atoms with Crippen LogP contribution < -0.4 is 0 Å². The lowest BCUT2D eigenvalue weighted by Gasteiger charge is -2.13. The summed E-state index contributed by atoms with van der Waals surface area (Å²) in [6.45, 7) is 7.87. The van der Waals surface area contributed by atoms with E-state index in [9.17, 15) is 9.90 Å². The standard InChI is InChI=1S/C15H22O2/c1-10(2)14-6-5-11(3)7-13(16)8-12(4)9-15(14)17/h5,8,13,16H,6-7,9H2,1-4H3/b11-5+,12-8+/t13-/m0/s1. The predicted molar refractivity (Wildman–Crippen MR) is 70.8 cm³/mol. The number of allylic oxidation sites excluding steroid dienone is 4. The van der Waals surface area contributed by atoms with E-state index in [0.717, 1.165) is 22.3 Å². The number of Topliss-reactive ketones (excluding diaryl/α,β-unsaturated/α-hetero) is 1. The van der Waals surface area contributed by atoms with E-state index in [4.69, 9.17) is 0 Å². The monoisotopic (exact) mass is 234 g/mol. The number of carbonyl (C=O) groups excluding carboxylic acids is 1. The van der Waals surface area contributed by atoms with Crippen molar-refractivity contribution in [2.24, 2.45) is 0 Å². The van der Waals surface area contributed by atoms with E-state index in [-0.39, 0.29) is 5.78 Å². The molecule has 1 atom stereocenters.